The Morgan fingerprint density at radius 2 is 1.91 bits per heavy atom. The van der Waals surface area contributed by atoms with Gasteiger partial charge in [-0.15, -0.1) is 0 Å². The zero-order valence-electron chi connectivity index (χ0n) is 13.4. The van der Waals surface area contributed by atoms with E-state index in [1.807, 2.05) is 0 Å². The Morgan fingerprint density at radius 1 is 1.22 bits per heavy atom. The van der Waals surface area contributed by atoms with Crippen LogP contribution in [-0.2, 0) is 4.74 Å². The van der Waals surface area contributed by atoms with Crippen LogP contribution in [0.4, 0.5) is 11.4 Å². The van der Waals surface area contributed by atoms with Gasteiger partial charge < -0.3 is 19.5 Å². The molecule has 2 unspecified atom stereocenters. The molecule has 23 heavy (non-hydrogen) atoms. The highest BCUT2D eigenvalue weighted by atomic mass is 16.6. The minimum absolute atomic E-state index is 0.00267. The molecule has 1 aliphatic heterocycles. The third kappa shape index (κ3) is 3.50. The number of hydrogen-bond acceptors (Lipinski definition) is 6. The fourth-order valence-corrected chi connectivity index (χ4v) is 3.11. The second-order valence-electron chi connectivity index (χ2n) is 6.09. The van der Waals surface area contributed by atoms with Gasteiger partial charge in [0, 0.05) is 18.7 Å². The Morgan fingerprint density at radius 3 is 2.52 bits per heavy atom. The maximum absolute atomic E-state index is 11.4. The van der Waals surface area contributed by atoms with Crippen LogP contribution < -0.4 is 14.8 Å². The van der Waals surface area contributed by atoms with Crippen molar-refractivity contribution in [2.45, 2.75) is 37.8 Å². The lowest BCUT2D eigenvalue weighted by Crippen LogP contribution is -2.35. The third-order valence-electron chi connectivity index (χ3n) is 4.52. The van der Waals surface area contributed by atoms with Crippen LogP contribution in [0.1, 0.15) is 25.7 Å². The van der Waals surface area contributed by atoms with Gasteiger partial charge in [0.15, 0.2) is 11.5 Å². The van der Waals surface area contributed by atoms with Gasteiger partial charge in [0.25, 0.3) is 5.69 Å². The molecule has 0 bridgehead atoms. The van der Waals surface area contributed by atoms with E-state index in [0.29, 0.717) is 29.7 Å². The number of methoxy groups -OCH3 is 2. The van der Waals surface area contributed by atoms with Gasteiger partial charge in [-0.25, -0.2) is 0 Å². The predicted octanol–water partition coefficient (Wildman–Crippen LogP) is 2.98. The van der Waals surface area contributed by atoms with E-state index >= 15 is 0 Å². The van der Waals surface area contributed by atoms with Crippen LogP contribution in [0.2, 0.25) is 0 Å². The Balaban J connectivity index is 1.81. The van der Waals surface area contributed by atoms with Crippen LogP contribution in [0, 0.1) is 16.0 Å². The number of ether oxygens (including phenoxy) is 3. The molecule has 0 radical (unpaired) electrons. The maximum Gasteiger partial charge on any atom is 0.296 e. The van der Waals surface area contributed by atoms with Gasteiger partial charge in [0.05, 0.1) is 31.3 Å². The summed E-state index contributed by atoms with van der Waals surface area (Å²) in [5, 5.41) is 14.7. The summed E-state index contributed by atoms with van der Waals surface area (Å²) in [7, 11) is 2.98. The number of hydrogen-bond donors (Lipinski definition) is 1. The summed E-state index contributed by atoms with van der Waals surface area (Å²) in [5.41, 5.74) is 0.464. The Kier molecular flexibility index (Phi) is 4.56. The monoisotopic (exact) mass is 322 g/mol. The van der Waals surface area contributed by atoms with Gasteiger partial charge in [-0.3, -0.25) is 10.1 Å². The standard InChI is InChI=1S/C16H22N2O5/c1-21-15-8-12(13(18(19)20)9-16(15)22-2)17-11-5-6-23-14(7-11)10-3-4-10/h8-11,14,17H,3-7H2,1-2H3. The van der Waals surface area contributed by atoms with E-state index in [1.165, 1.54) is 33.1 Å². The lowest BCUT2D eigenvalue weighted by Gasteiger charge is -2.30. The molecule has 7 heteroatoms. The molecular weight excluding hydrogens is 300 g/mol. The van der Waals surface area contributed by atoms with Crippen molar-refractivity contribution in [2.75, 3.05) is 26.1 Å². The number of benzene rings is 1. The van der Waals surface area contributed by atoms with Gasteiger partial charge in [-0.05, 0) is 31.6 Å². The zero-order valence-corrected chi connectivity index (χ0v) is 13.4. The van der Waals surface area contributed by atoms with Crippen molar-refractivity contribution in [3.05, 3.63) is 22.2 Å². The average molecular weight is 322 g/mol. The smallest absolute Gasteiger partial charge is 0.296 e. The Labute approximate surface area is 135 Å². The van der Waals surface area contributed by atoms with Gasteiger partial charge >= 0.3 is 0 Å². The van der Waals surface area contributed by atoms with E-state index in [4.69, 9.17) is 14.2 Å². The van der Waals surface area contributed by atoms with E-state index in [0.717, 1.165) is 12.8 Å². The molecule has 2 atom stereocenters. The minimum atomic E-state index is -0.401. The molecule has 1 saturated heterocycles. The molecule has 2 fully saturated rings. The van der Waals surface area contributed by atoms with Crippen LogP contribution in [0.3, 0.4) is 0 Å². The van der Waals surface area contributed by atoms with Crippen LogP contribution in [0.15, 0.2) is 12.1 Å². The van der Waals surface area contributed by atoms with Crippen molar-refractivity contribution in [2.24, 2.45) is 5.92 Å². The van der Waals surface area contributed by atoms with E-state index in [1.54, 1.807) is 6.07 Å². The molecular formula is C16H22N2O5. The van der Waals surface area contributed by atoms with Crippen LogP contribution in [-0.4, -0.2) is 37.9 Å². The molecule has 1 heterocycles. The molecule has 126 valence electrons. The number of nitro benzene ring substituents is 1. The van der Waals surface area contributed by atoms with Crippen molar-refractivity contribution in [1.82, 2.24) is 0 Å². The van der Waals surface area contributed by atoms with Crippen molar-refractivity contribution < 1.29 is 19.1 Å². The molecule has 0 spiro atoms. The first-order valence-corrected chi connectivity index (χ1v) is 7.91. The van der Waals surface area contributed by atoms with E-state index in [2.05, 4.69) is 5.32 Å². The van der Waals surface area contributed by atoms with Crippen LogP contribution in [0.25, 0.3) is 0 Å². The molecule has 2 aliphatic rings. The highest BCUT2D eigenvalue weighted by Crippen LogP contribution is 2.41. The Bertz CT molecular complexity index is 588. The maximum atomic E-state index is 11.4. The number of nitrogens with zero attached hydrogens (tertiary/aromatic N) is 1. The summed E-state index contributed by atoms with van der Waals surface area (Å²) in [6, 6.07) is 3.21. The summed E-state index contributed by atoms with van der Waals surface area (Å²) in [6.45, 7) is 0.694. The first-order valence-electron chi connectivity index (χ1n) is 7.91. The van der Waals surface area contributed by atoms with Crippen molar-refractivity contribution in [1.29, 1.82) is 0 Å². The van der Waals surface area contributed by atoms with Gasteiger partial charge in [-0.1, -0.05) is 0 Å². The quantitative estimate of drug-likeness (QED) is 0.640. The highest BCUT2D eigenvalue weighted by Gasteiger charge is 2.36. The molecule has 1 aromatic carbocycles. The van der Waals surface area contributed by atoms with Crippen molar-refractivity contribution in [3.63, 3.8) is 0 Å². The minimum Gasteiger partial charge on any atom is -0.493 e. The summed E-state index contributed by atoms with van der Waals surface area (Å²) >= 11 is 0. The SMILES string of the molecule is COc1cc(NC2CCOC(C3CC3)C2)c([N+](=O)[O-])cc1OC. The molecule has 1 saturated carbocycles. The number of rotatable bonds is 6. The summed E-state index contributed by atoms with van der Waals surface area (Å²) < 4.78 is 16.2. The van der Waals surface area contributed by atoms with E-state index < -0.39 is 4.92 Å². The highest BCUT2D eigenvalue weighted by molar-refractivity contribution is 5.68. The second-order valence-corrected chi connectivity index (χ2v) is 6.09. The molecule has 0 amide bonds. The predicted molar refractivity (Wildman–Crippen MR) is 85.3 cm³/mol. The largest absolute Gasteiger partial charge is 0.493 e. The normalized spacial score (nSPS) is 24.1. The number of nitro groups is 1. The number of anilines is 1. The average Bonchev–Trinajstić information content (AvgIpc) is 3.39. The van der Waals surface area contributed by atoms with Gasteiger partial charge in [0.2, 0.25) is 0 Å². The lowest BCUT2D eigenvalue weighted by atomic mass is 9.99. The first kappa shape index (κ1) is 15.9. The van der Waals surface area contributed by atoms with Crippen LogP contribution >= 0.6 is 0 Å². The fourth-order valence-electron chi connectivity index (χ4n) is 3.11. The third-order valence-corrected chi connectivity index (χ3v) is 4.52. The Hall–Kier alpha value is -2.02. The van der Waals surface area contributed by atoms with Gasteiger partial charge in [-0.2, -0.15) is 0 Å². The molecule has 7 nitrogen and oxygen atoms in total. The van der Waals surface area contributed by atoms with Crippen molar-refractivity contribution in [3.8, 4) is 11.5 Å². The molecule has 3 rings (SSSR count). The van der Waals surface area contributed by atoms with Crippen LogP contribution in [0.5, 0.6) is 11.5 Å². The topological polar surface area (TPSA) is 82.9 Å². The zero-order chi connectivity index (χ0) is 16.4. The molecule has 1 aromatic rings. The summed E-state index contributed by atoms with van der Waals surface area (Å²) in [4.78, 5) is 11.0. The summed E-state index contributed by atoms with van der Waals surface area (Å²) in [6.07, 6.45) is 4.47. The lowest BCUT2D eigenvalue weighted by molar-refractivity contribution is -0.384. The fraction of sp³-hybridized carbons (Fsp3) is 0.625. The van der Waals surface area contributed by atoms with E-state index in [9.17, 15) is 10.1 Å². The molecule has 0 aromatic heterocycles. The van der Waals surface area contributed by atoms with E-state index in [-0.39, 0.29) is 17.8 Å². The molecule has 1 aliphatic carbocycles. The molecule has 1 N–H and O–H groups in total. The first-order chi connectivity index (χ1) is 11.1. The summed E-state index contributed by atoms with van der Waals surface area (Å²) in [5.74, 6) is 1.50. The van der Waals surface area contributed by atoms with Crippen molar-refractivity contribution >= 4 is 11.4 Å². The number of nitrogens with one attached hydrogen (secondary N) is 1. The van der Waals surface area contributed by atoms with Gasteiger partial charge in [0.1, 0.15) is 5.69 Å². The second kappa shape index (κ2) is 6.62.